The Morgan fingerprint density at radius 3 is 2.06 bits per heavy atom. The molecule has 0 aromatic heterocycles. The Morgan fingerprint density at radius 2 is 1.72 bits per heavy atom. The molecule has 1 aromatic carbocycles. The average molecular weight is 264 g/mol. The molecule has 92 valence electrons. The van der Waals surface area contributed by atoms with Crippen molar-refractivity contribution in [2.24, 2.45) is 0 Å². The van der Waals surface area contributed by atoms with Gasteiger partial charge >= 0.3 is 0 Å². The third-order valence-corrected chi connectivity index (χ3v) is 3.44. The van der Waals surface area contributed by atoms with Crippen LogP contribution in [0.3, 0.4) is 0 Å². The minimum atomic E-state index is -1.53. The van der Waals surface area contributed by atoms with Crippen LogP contribution < -0.4 is 0 Å². The summed E-state index contributed by atoms with van der Waals surface area (Å²) in [5.41, 5.74) is -0.989. The Hall–Kier alpha value is -1.94. The van der Waals surface area contributed by atoms with Crippen molar-refractivity contribution in [1.82, 2.24) is 4.90 Å². The van der Waals surface area contributed by atoms with Crippen molar-refractivity contribution in [2.75, 3.05) is 0 Å². The first-order chi connectivity index (χ1) is 8.43. The van der Waals surface area contributed by atoms with E-state index in [0.29, 0.717) is 0 Å². The van der Waals surface area contributed by atoms with Crippen LogP contribution in [-0.2, 0) is 4.79 Å². The van der Waals surface area contributed by atoms with Gasteiger partial charge in [-0.2, -0.15) is 0 Å². The highest BCUT2D eigenvalue weighted by Gasteiger charge is 2.48. The number of halogens is 1. The summed E-state index contributed by atoms with van der Waals surface area (Å²) in [6.45, 7) is 4.86. The molecule has 1 atom stereocenters. The Kier molecular flexibility index (Phi) is 2.83. The van der Waals surface area contributed by atoms with Crippen molar-refractivity contribution in [3.8, 4) is 0 Å². The predicted octanol–water partition coefficient (Wildman–Crippen LogP) is 1.99. The number of imide groups is 1. The summed E-state index contributed by atoms with van der Waals surface area (Å²) >= 11 is 5.48. The van der Waals surface area contributed by atoms with Gasteiger partial charge in [-0.3, -0.25) is 19.3 Å². The number of hydrogen-bond acceptors (Lipinski definition) is 3. The highest BCUT2D eigenvalue weighted by atomic mass is 35.5. The second kappa shape index (κ2) is 4.07. The lowest BCUT2D eigenvalue weighted by molar-refractivity contribution is -0.117. The molecule has 0 saturated heterocycles. The molecule has 4 nitrogen and oxygen atoms in total. The zero-order valence-electron chi connectivity index (χ0n) is 9.64. The molecule has 1 heterocycles. The molecular weight excluding hydrogens is 254 g/mol. The molecule has 18 heavy (non-hydrogen) atoms. The molecule has 1 aliphatic heterocycles. The van der Waals surface area contributed by atoms with Crippen LogP contribution in [0, 0.1) is 0 Å². The fraction of sp³-hybridized carbons (Fsp3) is 0.154. The lowest BCUT2D eigenvalue weighted by Crippen LogP contribution is -2.52. The van der Waals surface area contributed by atoms with Crippen LogP contribution in [0.25, 0.3) is 0 Å². The molecule has 1 aromatic rings. The Morgan fingerprint density at radius 1 is 1.28 bits per heavy atom. The van der Waals surface area contributed by atoms with Crippen molar-refractivity contribution in [3.63, 3.8) is 0 Å². The number of benzene rings is 1. The van der Waals surface area contributed by atoms with Gasteiger partial charge in [0.25, 0.3) is 17.1 Å². The quantitative estimate of drug-likeness (QED) is 0.476. The molecule has 5 heteroatoms. The monoisotopic (exact) mass is 263 g/mol. The van der Waals surface area contributed by atoms with Gasteiger partial charge < -0.3 is 0 Å². The van der Waals surface area contributed by atoms with Crippen molar-refractivity contribution in [3.05, 3.63) is 48.0 Å². The van der Waals surface area contributed by atoms with E-state index in [0.717, 1.165) is 4.90 Å². The number of carbonyl (C=O) groups excluding carboxylic acids is 3. The lowest BCUT2D eigenvalue weighted by atomic mass is 10.0. The van der Waals surface area contributed by atoms with Gasteiger partial charge in [0.15, 0.2) is 0 Å². The highest BCUT2D eigenvalue weighted by molar-refractivity contribution is 6.66. The second-order valence-corrected chi connectivity index (χ2v) is 4.46. The lowest BCUT2D eigenvalue weighted by Gasteiger charge is -2.30. The Bertz CT molecular complexity index is 546. The SMILES string of the molecule is C=C[C@](C)(C(=O)Cl)N1C(=O)c2ccccc2C1=O. The fourth-order valence-electron chi connectivity index (χ4n) is 1.87. The Balaban J connectivity index is 2.58. The standard InChI is InChI=1S/C13H10ClNO3/c1-3-13(2,12(14)18)15-10(16)8-6-4-5-7-9(8)11(15)17/h3-7H,1H2,2H3/t13-/m1/s1. The van der Waals surface area contributed by atoms with Crippen LogP contribution in [0.15, 0.2) is 36.9 Å². The molecule has 0 spiro atoms. The molecule has 0 saturated carbocycles. The van der Waals surface area contributed by atoms with Gasteiger partial charge in [0.2, 0.25) is 0 Å². The zero-order valence-corrected chi connectivity index (χ0v) is 10.4. The molecule has 0 unspecified atom stereocenters. The van der Waals surface area contributed by atoms with E-state index in [4.69, 9.17) is 11.6 Å². The van der Waals surface area contributed by atoms with Crippen molar-refractivity contribution in [2.45, 2.75) is 12.5 Å². The van der Waals surface area contributed by atoms with E-state index in [1.54, 1.807) is 12.1 Å². The molecule has 0 fully saturated rings. The molecule has 0 N–H and O–H groups in total. The third-order valence-electron chi connectivity index (χ3n) is 3.05. The van der Waals surface area contributed by atoms with Crippen LogP contribution in [0.4, 0.5) is 0 Å². The summed E-state index contributed by atoms with van der Waals surface area (Å²) in [6, 6.07) is 6.39. The average Bonchev–Trinajstić information content (AvgIpc) is 2.62. The first-order valence-corrected chi connectivity index (χ1v) is 5.62. The zero-order chi connectivity index (χ0) is 13.5. The third kappa shape index (κ3) is 1.49. The number of fused-ring (bicyclic) bond motifs is 1. The van der Waals surface area contributed by atoms with E-state index >= 15 is 0 Å². The van der Waals surface area contributed by atoms with Gasteiger partial charge in [-0.15, -0.1) is 6.58 Å². The normalized spacial score (nSPS) is 17.3. The molecule has 2 rings (SSSR count). The number of amides is 2. The summed E-state index contributed by atoms with van der Waals surface area (Å²) in [4.78, 5) is 36.6. The Labute approximate surface area is 109 Å². The van der Waals surface area contributed by atoms with Crippen LogP contribution in [0.2, 0.25) is 0 Å². The molecule has 0 radical (unpaired) electrons. The first kappa shape index (κ1) is 12.5. The van der Waals surface area contributed by atoms with Crippen LogP contribution in [0.5, 0.6) is 0 Å². The molecule has 2 amide bonds. The van der Waals surface area contributed by atoms with Crippen molar-refractivity contribution < 1.29 is 14.4 Å². The number of hydrogen-bond donors (Lipinski definition) is 0. The largest absolute Gasteiger partial charge is 0.278 e. The first-order valence-electron chi connectivity index (χ1n) is 5.25. The molecule has 1 aliphatic rings. The van der Waals surface area contributed by atoms with Gasteiger partial charge in [-0.1, -0.05) is 18.2 Å². The summed E-state index contributed by atoms with van der Waals surface area (Å²) in [7, 11) is 0. The van der Waals surface area contributed by atoms with Gasteiger partial charge in [0.1, 0.15) is 5.54 Å². The van der Waals surface area contributed by atoms with E-state index in [-0.39, 0.29) is 11.1 Å². The van der Waals surface area contributed by atoms with E-state index in [1.165, 1.54) is 25.1 Å². The summed E-state index contributed by atoms with van der Waals surface area (Å²) in [6.07, 6.45) is 1.20. The van der Waals surface area contributed by atoms with E-state index in [2.05, 4.69) is 6.58 Å². The molecular formula is C13H10ClNO3. The summed E-state index contributed by atoms with van der Waals surface area (Å²) in [5.74, 6) is -1.07. The second-order valence-electron chi connectivity index (χ2n) is 4.12. The van der Waals surface area contributed by atoms with E-state index in [1.807, 2.05) is 0 Å². The fourth-order valence-corrected chi connectivity index (χ4v) is 2.03. The van der Waals surface area contributed by atoms with E-state index < -0.39 is 22.6 Å². The minimum Gasteiger partial charge on any atom is -0.278 e. The topological polar surface area (TPSA) is 54.5 Å². The number of carbonyl (C=O) groups is 3. The molecule has 0 bridgehead atoms. The van der Waals surface area contributed by atoms with Crippen LogP contribution in [-0.4, -0.2) is 27.5 Å². The maximum atomic E-state index is 12.2. The van der Waals surface area contributed by atoms with Gasteiger partial charge in [0.05, 0.1) is 11.1 Å². The minimum absolute atomic E-state index is 0.272. The van der Waals surface area contributed by atoms with Gasteiger partial charge in [0, 0.05) is 0 Å². The summed E-state index contributed by atoms with van der Waals surface area (Å²) < 4.78 is 0. The van der Waals surface area contributed by atoms with Gasteiger partial charge in [-0.05, 0) is 30.7 Å². The van der Waals surface area contributed by atoms with Crippen molar-refractivity contribution >= 4 is 28.7 Å². The highest BCUT2D eigenvalue weighted by Crippen LogP contribution is 2.31. The van der Waals surface area contributed by atoms with E-state index in [9.17, 15) is 14.4 Å². The van der Waals surface area contributed by atoms with Crippen molar-refractivity contribution in [1.29, 1.82) is 0 Å². The van der Waals surface area contributed by atoms with Crippen LogP contribution in [0.1, 0.15) is 27.6 Å². The number of rotatable bonds is 3. The predicted molar refractivity (Wildman–Crippen MR) is 66.4 cm³/mol. The number of nitrogens with zero attached hydrogens (tertiary/aromatic N) is 1. The maximum Gasteiger partial charge on any atom is 0.262 e. The maximum absolute atomic E-state index is 12.2. The van der Waals surface area contributed by atoms with Crippen LogP contribution >= 0.6 is 11.6 Å². The smallest absolute Gasteiger partial charge is 0.262 e. The molecule has 0 aliphatic carbocycles. The van der Waals surface area contributed by atoms with Gasteiger partial charge in [-0.25, -0.2) is 0 Å². The summed E-state index contributed by atoms with van der Waals surface area (Å²) in [5, 5.41) is -0.827.